The van der Waals surface area contributed by atoms with Crippen molar-refractivity contribution in [1.82, 2.24) is 0 Å². The SMILES string of the molecule is COC1=CC(=O)O/C1=C(\OC)[C@H](O)[C@H](O)c1ccccc1. The van der Waals surface area contributed by atoms with E-state index in [2.05, 4.69) is 0 Å². The second-order valence-corrected chi connectivity index (χ2v) is 4.33. The van der Waals surface area contributed by atoms with Crippen LogP contribution in [-0.2, 0) is 19.0 Å². The average Bonchev–Trinajstić information content (AvgIpc) is 2.89. The third-order valence-electron chi connectivity index (χ3n) is 3.05. The van der Waals surface area contributed by atoms with Crippen LogP contribution in [0.3, 0.4) is 0 Å². The number of ether oxygens (including phenoxy) is 3. The molecule has 2 rings (SSSR count). The number of hydrogen-bond donors (Lipinski definition) is 2. The Morgan fingerprint density at radius 2 is 1.86 bits per heavy atom. The smallest absolute Gasteiger partial charge is 0.340 e. The van der Waals surface area contributed by atoms with Crippen LogP contribution in [0.25, 0.3) is 0 Å². The third kappa shape index (κ3) is 3.07. The minimum Gasteiger partial charge on any atom is -0.494 e. The summed E-state index contributed by atoms with van der Waals surface area (Å²) in [5.74, 6) is -0.605. The van der Waals surface area contributed by atoms with Crippen LogP contribution in [0.5, 0.6) is 0 Å². The van der Waals surface area contributed by atoms with Gasteiger partial charge in [0, 0.05) is 0 Å². The fraction of sp³-hybridized carbons (Fsp3) is 0.267. The number of esters is 1. The molecule has 6 heteroatoms. The van der Waals surface area contributed by atoms with Crippen molar-refractivity contribution in [1.29, 1.82) is 0 Å². The first-order valence-corrected chi connectivity index (χ1v) is 6.25. The summed E-state index contributed by atoms with van der Waals surface area (Å²) < 4.78 is 15.0. The lowest BCUT2D eigenvalue weighted by molar-refractivity contribution is -0.132. The van der Waals surface area contributed by atoms with Crippen LogP contribution in [0.2, 0.25) is 0 Å². The van der Waals surface area contributed by atoms with Crippen molar-refractivity contribution < 1.29 is 29.2 Å². The van der Waals surface area contributed by atoms with Crippen LogP contribution in [0.1, 0.15) is 11.7 Å². The van der Waals surface area contributed by atoms with Gasteiger partial charge in [0.1, 0.15) is 12.2 Å². The largest absolute Gasteiger partial charge is 0.494 e. The fourth-order valence-electron chi connectivity index (χ4n) is 2.00. The second kappa shape index (κ2) is 6.43. The van der Waals surface area contributed by atoms with Crippen molar-refractivity contribution in [2.24, 2.45) is 0 Å². The molecule has 0 unspecified atom stereocenters. The number of methoxy groups -OCH3 is 2. The normalized spacial score (nSPS) is 19.4. The number of cyclic esters (lactones) is 1. The van der Waals surface area contributed by atoms with Crippen LogP contribution >= 0.6 is 0 Å². The van der Waals surface area contributed by atoms with E-state index in [1.54, 1.807) is 30.3 Å². The third-order valence-corrected chi connectivity index (χ3v) is 3.05. The summed E-state index contributed by atoms with van der Waals surface area (Å²) in [5, 5.41) is 20.5. The van der Waals surface area contributed by atoms with Gasteiger partial charge in [0.15, 0.2) is 11.5 Å². The van der Waals surface area contributed by atoms with Gasteiger partial charge in [-0.2, -0.15) is 0 Å². The molecule has 0 saturated carbocycles. The zero-order valence-corrected chi connectivity index (χ0v) is 11.6. The van der Waals surface area contributed by atoms with Gasteiger partial charge in [0.25, 0.3) is 0 Å². The molecule has 1 aromatic rings. The van der Waals surface area contributed by atoms with Crippen LogP contribution in [0.15, 0.2) is 53.7 Å². The summed E-state index contributed by atoms with van der Waals surface area (Å²) in [6.45, 7) is 0. The summed E-state index contributed by atoms with van der Waals surface area (Å²) in [7, 11) is 2.67. The molecule has 0 amide bonds. The lowest BCUT2D eigenvalue weighted by Crippen LogP contribution is -2.24. The molecule has 0 bridgehead atoms. The maximum absolute atomic E-state index is 11.3. The predicted molar refractivity (Wildman–Crippen MR) is 72.6 cm³/mol. The highest BCUT2D eigenvalue weighted by atomic mass is 16.6. The van der Waals surface area contributed by atoms with Gasteiger partial charge >= 0.3 is 5.97 Å². The highest BCUT2D eigenvalue weighted by molar-refractivity contribution is 5.87. The van der Waals surface area contributed by atoms with E-state index in [0.717, 1.165) is 6.08 Å². The maximum Gasteiger partial charge on any atom is 0.340 e. The van der Waals surface area contributed by atoms with Crippen LogP contribution < -0.4 is 0 Å². The molecule has 112 valence electrons. The number of carbonyl (C=O) groups is 1. The lowest BCUT2D eigenvalue weighted by atomic mass is 10.0. The zero-order chi connectivity index (χ0) is 15.4. The van der Waals surface area contributed by atoms with E-state index >= 15 is 0 Å². The number of carbonyl (C=O) groups excluding carboxylic acids is 1. The van der Waals surface area contributed by atoms with Crippen LogP contribution in [-0.4, -0.2) is 36.5 Å². The Bertz CT molecular complexity index is 575. The minimum atomic E-state index is -1.41. The number of hydrogen-bond acceptors (Lipinski definition) is 6. The summed E-state index contributed by atoms with van der Waals surface area (Å²) in [6.07, 6.45) is -1.50. The summed E-state index contributed by atoms with van der Waals surface area (Å²) in [4.78, 5) is 11.3. The molecule has 0 aliphatic carbocycles. The molecule has 1 aliphatic heterocycles. The van der Waals surface area contributed by atoms with Gasteiger partial charge in [-0.1, -0.05) is 30.3 Å². The van der Waals surface area contributed by atoms with Crippen molar-refractivity contribution in [2.75, 3.05) is 14.2 Å². The van der Waals surface area contributed by atoms with Crippen molar-refractivity contribution in [3.8, 4) is 0 Å². The van der Waals surface area contributed by atoms with Gasteiger partial charge in [-0.25, -0.2) is 4.79 Å². The van der Waals surface area contributed by atoms with E-state index < -0.39 is 18.2 Å². The molecule has 0 saturated heterocycles. The number of aliphatic hydroxyl groups is 2. The molecule has 0 fully saturated rings. The molecule has 1 aromatic carbocycles. The van der Waals surface area contributed by atoms with Crippen molar-refractivity contribution >= 4 is 5.97 Å². The molecule has 0 aromatic heterocycles. The fourth-order valence-corrected chi connectivity index (χ4v) is 2.00. The Kier molecular flexibility index (Phi) is 4.62. The predicted octanol–water partition coefficient (Wildman–Crippen LogP) is 1.03. The second-order valence-electron chi connectivity index (χ2n) is 4.33. The molecule has 21 heavy (non-hydrogen) atoms. The van der Waals surface area contributed by atoms with Gasteiger partial charge in [0.05, 0.1) is 20.3 Å². The van der Waals surface area contributed by atoms with Crippen molar-refractivity contribution in [3.05, 3.63) is 59.2 Å². The number of aliphatic hydroxyl groups excluding tert-OH is 2. The van der Waals surface area contributed by atoms with Gasteiger partial charge in [-0.05, 0) is 5.56 Å². The minimum absolute atomic E-state index is 0.0347. The number of rotatable bonds is 5. The van der Waals surface area contributed by atoms with Crippen molar-refractivity contribution in [3.63, 3.8) is 0 Å². The van der Waals surface area contributed by atoms with Gasteiger partial charge in [-0.15, -0.1) is 0 Å². The maximum atomic E-state index is 11.3. The topological polar surface area (TPSA) is 85.2 Å². The Labute approximate surface area is 121 Å². The molecule has 6 nitrogen and oxygen atoms in total. The van der Waals surface area contributed by atoms with E-state index in [4.69, 9.17) is 14.2 Å². The van der Waals surface area contributed by atoms with Crippen LogP contribution in [0.4, 0.5) is 0 Å². The first-order valence-electron chi connectivity index (χ1n) is 6.25. The molecule has 1 heterocycles. The monoisotopic (exact) mass is 292 g/mol. The van der Waals surface area contributed by atoms with Gasteiger partial charge in [0.2, 0.25) is 5.76 Å². The molecular formula is C15H16O6. The molecule has 0 spiro atoms. The Balaban J connectivity index is 2.33. The Morgan fingerprint density at radius 3 is 2.43 bits per heavy atom. The van der Waals surface area contributed by atoms with E-state index in [9.17, 15) is 15.0 Å². The molecule has 1 aliphatic rings. The highest BCUT2D eigenvalue weighted by Gasteiger charge is 2.33. The van der Waals surface area contributed by atoms with Gasteiger partial charge < -0.3 is 24.4 Å². The van der Waals surface area contributed by atoms with E-state index in [1.807, 2.05) is 0 Å². The highest BCUT2D eigenvalue weighted by Crippen LogP contribution is 2.30. The molecular weight excluding hydrogens is 276 g/mol. The summed E-state index contributed by atoms with van der Waals surface area (Å²) in [6, 6.07) is 8.60. The first-order chi connectivity index (χ1) is 10.1. The first kappa shape index (κ1) is 15.1. The number of benzene rings is 1. The molecule has 2 atom stereocenters. The molecule has 2 N–H and O–H groups in total. The quantitative estimate of drug-likeness (QED) is 0.623. The van der Waals surface area contributed by atoms with Crippen LogP contribution in [0, 0.1) is 0 Å². The average molecular weight is 292 g/mol. The zero-order valence-electron chi connectivity index (χ0n) is 11.6. The standard InChI is InChI=1S/C15H16O6/c1-19-10-8-11(16)21-14(10)15(20-2)13(18)12(17)9-6-4-3-5-7-9/h3-8,12-13,17-18H,1-2H3/b15-14-/t12-,13-/m1/s1. The summed E-state index contributed by atoms with van der Waals surface area (Å²) in [5.41, 5.74) is 0.507. The van der Waals surface area contributed by atoms with Crippen molar-refractivity contribution in [2.45, 2.75) is 12.2 Å². The van der Waals surface area contributed by atoms with E-state index in [0.29, 0.717) is 5.56 Å². The lowest BCUT2D eigenvalue weighted by Gasteiger charge is -2.21. The Hall–Kier alpha value is -2.31. The Morgan fingerprint density at radius 1 is 1.19 bits per heavy atom. The van der Waals surface area contributed by atoms with E-state index in [-0.39, 0.29) is 17.3 Å². The van der Waals surface area contributed by atoms with Gasteiger partial charge in [-0.3, -0.25) is 0 Å². The summed E-state index contributed by atoms with van der Waals surface area (Å²) >= 11 is 0. The molecule has 0 radical (unpaired) electrons. The van der Waals surface area contributed by atoms with E-state index in [1.165, 1.54) is 14.2 Å².